The maximum Gasteiger partial charge on any atom is 0.237 e. The van der Waals surface area contributed by atoms with Gasteiger partial charge in [0.15, 0.2) is 11.0 Å². The lowest BCUT2D eigenvalue weighted by molar-refractivity contribution is -0.115. The standard InChI is InChI=1S/C23H22N4OS2/c1-16(18-9-5-3-6-10-18)27-21(19-13-14-29-15-19)25-26-23(27)30-17(2)22(28)24-20-11-7-4-8-12-20/h3-17H,1-2H3,(H,24,28). The van der Waals surface area contributed by atoms with Crippen molar-refractivity contribution in [3.05, 3.63) is 83.1 Å². The number of amides is 1. The van der Waals surface area contributed by atoms with Crippen molar-refractivity contribution in [2.75, 3.05) is 5.32 Å². The summed E-state index contributed by atoms with van der Waals surface area (Å²) in [6, 6.07) is 21.8. The second-order valence-corrected chi connectivity index (χ2v) is 8.98. The van der Waals surface area contributed by atoms with E-state index >= 15 is 0 Å². The van der Waals surface area contributed by atoms with E-state index in [1.165, 1.54) is 11.8 Å². The molecule has 0 aliphatic rings. The molecule has 0 bridgehead atoms. The summed E-state index contributed by atoms with van der Waals surface area (Å²) >= 11 is 3.05. The van der Waals surface area contributed by atoms with E-state index < -0.39 is 0 Å². The third-order valence-electron chi connectivity index (χ3n) is 4.81. The predicted octanol–water partition coefficient (Wildman–Crippen LogP) is 5.74. The van der Waals surface area contributed by atoms with Crippen molar-refractivity contribution in [2.24, 2.45) is 0 Å². The van der Waals surface area contributed by atoms with Crippen molar-refractivity contribution < 1.29 is 4.79 Å². The zero-order valence-electron chi connectivity index (χ0n) is 16.7. The Morgan fingerprint density at radius 1 is 1.00 bits per heavy atom. The zero-order chi connectivity index (χ0) is 20.9. The molecule has 7 heteroatoms. The summed E-state index contributed by atoms with van der Waals surface area (Å²) in [4.78, 5) is 12.7. The topological polar surface area (TPSA) is 59.8 Å². The Morgan fingerprint density at radius 2 is 1.70 bits per heavy atom. The number of para-hydroxylation sites is 1. The Hall–Kier alpha value is -2.90. The van der Waals surface area contributed by atoms with E-state index in [9.17, 15) is 4.79 Å². The molecule has 2 unspecified atom stereocenters. The molecule has 2 aromatic carbocycles. The van der Waals surface area contributed by atoms with Crippen molar-refractivity contribution in [3.8, 4) is 11.4 Å². The van der Waals surface area contributed by atoms with Crippen LogP contribution in [0.3, 0.4) is 0 Å². The number of benzene rings is 2. The summed E-state index contributed by atoms with van der Waals surface area (Å²) in [5.74, 6) is 0.746. The largest absolute Gasteiger partial charge is 0.325 e. The molecule has 0 aliphatic heterocycles. The summed E-state index contributed by atoms with van der Waals surface area (Å²) in [5, 5.41) is 16.4. The third kappa shape index (κ3) is 4.47. The van der Waals surface area contributed by atoms with Crippen molar-refractivity contribution in [3.63, 3.8) is 0 Å². The lowest BCUT2D eigenvalue weighted by Crippen LogP contribution is -2.23. The van der Waals surface area contributed by atoms with E-state index in [1.54, 1.807) is 11.3 Å². The average Bonchev–Trinajstić information content (AvgIpc) is 3.44. The molecule has 0 saturated carbocycles. The van der Waals surface area contributed by atoms with Gasteiger partial charge < -0.3 is 5.32 Å². The van der Waals surface area contributed by atoms with Crippen LogP contribution >= 0.6 is 23.1 Å². The Balaban J connectivity index is 1.62. The minimum atomic E-state index is -0.327. The lowest BCUT2D eigenvalue weighted by atomic mass is 10.1. The second-order valence-electron chi connectivity index (χ2n) is 6.89. The first-order valence-electron chi connectivity index (χ1n) is 9.68. The Labute approximate surface area is 184 Å². The van der Waals surface area contributed by atoms with Crippen LogP contribution in [0, 0.1) is 0 Å². The van der Waals surface area contributed by atoms with Gasteiger partial charge in [0.1, 0.15) is 0 Å². The van der Waals surface area contributed by atoms with E-state index in [-0.39, 0.29) is 17.2 Å². The zero-order valence-corrected chi connectivity index (χ0v) is 18.4. The molecule has 0 aliphatic carbocycles. The van der Waals surface area contributed by atoms with Crippen LogP contribution in [0.25, 0.3) is 11.4 Å². The molecule has 2 heterocycles. The fourth-order valence-electron chi connectivity index (χ4n) is 3.15. The summed E-state index contributed by atoms with van der Waals surface area (Å²) in [6.45, 7) is 4.02. The first-order chi connectivity index (χ1) is 14.6. The number of rotatable bonds is 7. The number of nitrogens with one attached hydrogen (secondary N) is 1. The van der Waals surface area contributed by atoms with Gasteiger partial charge in [0.05, 0.1) is 11.3 Å². The van der Waals surface area contributed by atoms with Crippen LogP contribution in [0.5, 0.6) is 0 Å². The molecule has 4 aromatic rings. The highest BCUT2D eigenvalue weighted by Crippen LogP contribution is 2.33. The summed E-state index contributed by atoms with van der Waals surface area (Å²) in [7, 11) is 0. The second kappa shape index (κ2) is 9.28. The summed E-state index contributed by atoms with van der Waals surface area (Å²) in [5.41, 5.74) is 2.98. The number of aromatic nitrogens is 3. The molecular formula is C23H22N4OS2. The van der Waals surface area contributed by atoms with Gasteiger partial charge in [0.2, 0.25) is 5.91 Å². The quantitative estimate of drug-likeness (QED) is 0.377. The van der Waals surface area contributed by atoms with Crippen molar-refractivity contribution >= 4 is 34.7 Å². The fourth-order valence-corrected chi connectivity index (χ4v) is 4.72. The monoisotopic (exact) mass is 434 g/mol. The maximum absolute atomic E-state index is 12.7. The number of carbonyl (C=O) groups excluding carboxylic acids is 1. The number of carbonyl (C=O) groups is 1. The van der Waals surface area contributed by atoms with Crippen molar-refractivity contribution in [1.29, 1.82) is 0 Å². The highest BCUT2D eigenvalue weighted by molar-refractivity contribution is 8.00. The first kappa shape index (κ1) is 20.4. The SMILES string of the molecule is CC(Sc1nnc(-c2ccsc2)n1C(C)c1ccccc1)C(=O)Nc1ccccc1. The van der Waals surface area contributed by atoms with Crippen LogP contribution in [0.4, 0.5) is 5.69 Å². The number of hydrogen-bond acceptors (Lipinski definition) is 5. The molecule has 4 rings (SSSR count). The minimum absolute atomic E-state index is 0.0305. The van der Waals surface area contributed by atoms with Gasteiger partial charge >= 0.3 is 0 Å². The van der Waals surface area contributed by atoms with Gasteiger partial charge in [-0.15, -0.1) is 10.2 Å². The molecular weight excluding hydrogens is 412 g/mol. The molecule has 0 spiro atoms. The van der Waals surface area contributed by atoms with Gasteiger partial charge in [-0.05, 0) is 43.0 Å². The van der Waals surface area contributed by atoms with Crippen LogP contribution < -0.4 is 5.32 Å². The fraction of sp³-hybridized carbons (Fsp3) is 0.174. The molecule has 2 aromatic heterocycles. The molecule has 30 heavy (non-hydrogen) atoms. The molecule has 0 fully saturated rings. The molecule has 0 saturated heterocycles. The van der Waals surface area contributed by atoms with Crippen LogP contribution in [0.15, 0.2) is 82.6 Å². The molecule has 1 N–H and O–H groups in total. The first-order valence-corrected chi connectivity index (χ1v) is 11.5. The smallest absolute Gasteiger partial charge is 0.237 e. The molecule has 5 nitrogen and oxygen atoms in total. The number of thioether (sulfide) groups is 1. The van der Waals surface area contributed by atoms with Gasteiger partial charge in [-0.1, -0.05) is 60.3 Å². The molecule has 2 atom stereocenters. The van der Waals surface area contributed by atoms with E-state index in [4.69, 9.17) is 0 Å². The van der Waals surface area contributed by atoms with Gasteiger partial charge in [0.25, 0.3) is 0 Å². The third-order valence-corrected chi connectivity index (χ3v) is 6.55. The van der Waals surface area contributed by atoms with Crippen LogP contribution in [-0.4, -0.2) is 25.9 Å². The summed E-state index contributed by atoms with van der Waals surface area (Å²) < 4.78 is 2.12. The predicted molar refractivity (Wildman–Crippen MR) is 124 cm³/mol. The highest BCUT2D eigenvalue weighted by Gasteiger charge is 2.24. The lowest BCUT2D eigenvalue weighted by Gasteiger charge is -2.19. The van der Waals surface area contributed by atoms with E-state index in [0.29, 0.717) is 0 Å². The van der Waals surface area contributed by atoms with Gasteiger partial charge in [-0.3, -0.25) is 9.36 Å². The minimum Gasteiger partial charge on any atom is -0.325 e. The van der Waals surface area contributed by atoms with E-state index in [1.807, 2.05) is 66.9 Å². The van der Waals surface area contributed by atoms with Crippen LogP contribution in [0.2, 0.25) is 0 Å². The number of nitrogens with zero attached hydrogens (tertiary/aromatic N) is 3. The Bertz CT molecular complexity index is 1090. The van der Waals surface area contributed by atoms with E-state index in [2.05, 4.69) is 44.5 Å². The highest BCUT2D eigenvalue weighted by atomic mass is 32.2. The van der Waals surface area contributed by atoms with Crippen molar-refractivity contribution in [2.45, 2.75) is 30.3 Å². The van der Waals surface area contributed by atoms with Gasteiger partial charge in [0, 0.05) is 16.6 Å². The number of anilines is 1. The number of hydrogen-bond donors (Lipinski definition) is 1. The molecule has 0 radical (unpaired) electrons. The number of thiophene rings is 1. The normalized spacial score (nSPS) is 13.0. The van der Waals surface area contributed by atoms with Gasteiger partial charge in [-0.2, -0.15) is 11.3 Å². The maximum atomic E-state index is 12.7. The summed E-state index contributed by atoms with van der Waals surface area (Å²) in [6.07, 6.45) is 0. The van der Waals surface area contributed by atoms with Crippen LogP contribution in [0.1, 0.15) is 25.5 Å². The van der Waals surface area contributed by atoms with E-state index in [0.717, 1.165) is 27.8 Å². The van der Waals surface area contributed by atoms with Crippen molar-refractivity contribution in [1.82, 2.24) is 14.8 Å². The Morgan fingerprint density at radius 3 is 2.37 bits per heavy atom. The average molecular weight is 435 g/mol. The Kier molecular flexibility index (Phi) is 6.30. The van der Waals surface area contributed by atoms with Crippen LogP contribution in [-0.2, 0) is 4.79 Å². The van der Waals surface area contributed by atoms with Gasteiger partial charge in [-0.25, -0.2) is 0 Å². The molecule has 152 valence electrons. The molecule has 1 amide bonds.